The van der Waals surface area contributed by atoms with Gasteiger partial charge in [0.15, 0.2) is 5.96 Å². The molecule has 7 heteroatoms. The third kappa shape index (κ3) is 5.33. The normalized spacial score (nSPS) is 16.0. The number of hydrogen-bond acceptors (Lipinski definition) is 3. The summed E-state index contributed by atoms with van der Waals surface area (Å²) in [5.74, 6) is 1.86. The molecule has 3 rings (SSSR count). The van der Waals surface area contributed by atoms with E-state index in [0.29, 0.717) is 5.41 Å². The molecule has 3 N–H and O–H groups in total. The van der Waals surface area contributed by atoms with Crippen LogP contribution in [0.1, 0.15) is 31.5 Å². The van der Waals surface area contributed by atoms with Crippen molar-refractivity contribution in [3.8, 4) is 0 Å². The number of halogens is 1. The fraction of sp³-hybridized carbons (Fsp3) is 0.579. The minimum atomic E-state index is 0. The van der Waals surface area contributed by atoms with Crippen molar-refractivity contribution in [1.82, 2.24) is 20.6 Å². The first-order valence-electron chi connectivity index (χ1n) is 9.12. The summed E-state index contributed by atoms with van der Waals surface area (Å²) in [6, 6.07) is 8.12. The molecule has 1 aliphatic carbocycles. The Morgan fingerprint density at radius 3 is 2.77 bits per heavy atom. The van der Waals surface area contributed by atoms with E-state index in [4.69, 9.17) is 4.74 Å². The molecule has 1 saturated carbocycles. The summed E-state index contributed by atoms with van der Waals surface area (Å²) < 4.78 is 5.26. The number of hydrogen-bond donors (Lipinski definition) is 3. The maximum atomic E-state index is 5.26. The summed E-state index contributed by atoms with van der Waals surface area (Å²) in [5.41, 5.74) is 2.49. The van der Waals surface area contributed by atoms with Crippen LogP contribution in [0.4, 0.5) is 0 Å². The lowest BCUT2D eigenvalue weighted by atomic mass is 9.67. The molecule has 6 nitrogen and oxygen atoms in total. The zero-order valence-corrected chi connectivity index (χ0v) is 18.0. The van der Waals surface area contributed by atoms with E-state index >= 15 is 0 Å². The number of ether oxygens (including phenoxy) is 1. The number of nitrogens with zero attached hydrogens (tertiary/aromatic N) is 2. The summed E-state index contributed by atoms with van der Waals surface area (Å²) in [6.45, 7) is 2.59. The quantitative estimate of drug-likeness (QED) is 0.314. The second-order valence-electron chi connectivity index (χ2n) is 6.90. The van der Waals surface area contributed by atoms with Crippen LogP contribution in [0, 0.1) is 5.41 Å². The number of rotatable bonds is 8. The number of fused-ring (bicyclic) bond motifs is 1. The molecule has 2 aromatic rings. The van der Waals surface area contributed by atoms with E-state index in [-0.39, 0.29) is 24.0 Å². The fourth-order valence-corrected chi connectivity index (χ4v) is 3.43. The molecule has 1 aromatic heterocycles. The van der Waals surface area contributed by atoms with Crippen molar-refractivity contribution >= 4 is 41.0 Å². The van der Waals surface area contributed by atoms with Crippen LogP contribution in [0.15, 0.2) is 29.3 Å². The number of benzene rings is 1. The Bertz CT molecular complexity index is 678. The maximum absolute atomic E-state index is 5.26. The minimum Gasteiger partial charge on any atom is -0.385 e. The number of aliphatic imine (C=N–C) groups is 1. The summed E-state index contributed by atoms with van der Waals surface area (Å²) in [7, 11) is 3.59. The third-order valence-corrected chi connectivity index (χ3v) is 5.20. The first-order chi connectivity index (χ1) is 12.2. The average molecular weight is 471 g/mol. The molecule has 26 heavy (non-hydrogen) atoms. The van der Waals surface area contributed by atoms with Gasteiger partial charge in [0.25, 0.3) is 0 Å². The SMILES string of the molecule is CN=C(NCCc1nc2ccccc2[nH]1)NCC1(CCOC)CCC1.I. The highest BCUT2D eigenvalue weighted by Gasteiger charge is 2.36. The second-order valence-corrected chi connectivity index (χ2v) is 6.90. The third-order valence-electron chi connectivity index (χ3n) is 5.20. The van der Waals surface area contributed by atoms with Crippen molar-refractivity contribution in [2.24, 2.45) is 10.4 Å². The zero-order chi connectivity index (χ0) is 17.5. The maximum Gasteiger partial charge on any atom is 0.191 e. The van der Waals surface area contributed by atoms with Gasteiger partial charge in [-0.3, -0.25) is 4.99 Å². The average Bonchev–Trinajstić information content (AvgIpc) is 3.01. The summed E-state index contributed by atoms with van der Waals surface area (Å²) in [6.07, 6.45) is 5.83. The highest BCUT2D eigenvalue weighted by atomic mass is 127. The highest BCUT2D eigenvalue weighted by Crippen LogP contribution is 2.43. The lowest BCUT2D eigenvalue weighted by Crippen LogP contribution is -2.47. The number of nitrogens with one attached hydrogen (secondary N) is 3. The molecule has 0 spiro atoms. The van der Waals surface area contributed by atoms with Crippen molar-refractivity contribution in [1.29, 1.82) is 0 Å². The highest BCUT2D eigenvalue weighted by molar-refractivity contribution is 14.0. The van der Waals surface area contributed by atoms with Gasteiger partial charge in [0, 0.05) is 40.3 Å². The van der Waals surface area contributed by atoms with Crippen LogP contribution in [0.2, 0.25) is 0 Å². The number of para-hydroxylation sites is 2. The summed E-state index contributed by atoms with van der Waals surface area (Å²) in [5, 5.41) is 6.87. The lowest BCUT2D eigenvalue weighted by Gasteiger charge is -2.42. The van der Waals surface area contributed by atoms with Gasteiger partial charge >= 0.3 is 0 Å². The van der Waals surface area contributed by atoms with E-state index in [1.165, 1.54) is 19.3 Å². The van der Waals surface area contributed by atoms with Crippen LogP contribution in [0.5, 0.6) is 0 Å². The Labute approximate surface area is 172 Å². The van der Waals surface area contributed by atoms with Crippen molar-refractivity contribution in [3.05, 3.63) is 30.1 Å². The Hall–Kier alpha value is -1.35. The fourth-order valence-electron chi connectivity index (χ4n) is 3.43. The molecule has 0 amide bonds. The van der Waals surface area contributed by atoms with Crippen LogP contribution in [0.3, 0.4) is 0 Å². The Balaban J connectivity index is 0.00000243. The van der Waals surface area contributed by atoms with E-state index in [0.717, 1.165) is 55.4 Å². The lowest BCUT2D eigenvalue weighted by molar-refractivity contribution is 0.0732. The molecule has 0 radical (unpaired) electrons. The van der Waals surface area contributed by atoms with Crippen LogP contribution >= 0.6 is 24.0 Å². The number of H-pyrrole nitrogens is 1. The largest absolute Gasteiger partial charge is 0.385 e. The van der Waals surface area contributed by atoms with Crippen LogP contribution < -0.4 is 10.6 Å². The molecule has 0 atom stereocenters. The van der Waals surface area contributed by atoms with Gasteiger partial charge in [-0.2, -0.15) is 0 Å². The van der Waals surface area contributed by atoms with Gasteiger partial charge in [0.1, 0.15) is 5.82 Å². The summed E-state index contributed by atoms with van der Waals surface area (Å²) in [4.78, 5) is 12.3. The Morgan fingerprint density at radius 2 is 2.12 bits per heavy atom. The van der Waals surface area contributed by atoms with Crippen LogP contribution in [0.25, 0.3) is 11.0 Å². The van der Waals surface area contributed by atoms with Crippen molar-refractivity contribution in [3.63, 3.8) is 0 Å². The number of guanidine groups is 1. The first kappa shape index (κ1) is 21.0. The number of aromatic amines is 1. The van der Waals surface area contributed by atoms with Gasteiger partial charge < -0.3 is 20.4 Å². The molecule has 144 valence electrons. The topological polar surface area (TPSA) is 74.3 Å². The van der Waals surface area contributed by atoms with Gasteiger partial charge in [-0.25, -0.2) is 4.98 Å². The predicted molar refractivity (Wildman–Crippen MR) is 117 cm³/mol. The standard InChI is InChI=1S/C19H29N5O.HI/c1-20-18(22-14-19(9-5-10-19)11-13-25-2)21-12-8-17-23-15-6-3-4-7-16(15)24-17;/h3-4,6-7H,5,8-14H2,1-2H3,(H,23,24)(H2,20,21,22);1H. The second kappa shape index (κ2) is 10.1. The number of methoxy groups -OCH3 is 1. The molecular formula is C19H30IN5O. The smallest absolute Gasteiger partial charge is 0.191 e. The molecule has 0 aliphatic heterocycles. The monoisotopic (exact) mass is 471 g/mol. The van der Waals surface area contributed by atoms with Gasteiger partial charge in [0.2, 0.25) is 0 Å². The molecule has 1 aromatic carbocycles. The molecule has 0 saturated heterocycles. The van der Waals surface area contributed by atoms with Crippen LogP contribution in [-0.2, 0) is 11.2 Å². The van der Waals surface area contributed by atoms with E-state index in [2.05, 4.69) is 31.7 Å². The zero-order valence-electron chi connectivity index (χ0n) is 15.7. The van der Waals surface area contributed by atoms with E-state index < -0.39 is 0 Å². The molecular weight excluding hydrogens is 441 g/mol. The number of imidazole rings is 1. The Kier molecular flexibility index (Phi) is 8.15. The van der Waals surface area contributed by atoms with Gasteiger partial charge in [-0.05, 0) is 36.8 Å². The van der Waals surface area contributed by atoms with Crippen LogP contribution in [-0.4, -0.2) is 49.8 Å². The predicted octanol–water partition coefficient (Wildman–Crippen LogP) is 3.10. The molecule has 1 fully saturated rings. The molecule has 0 bridgehead atoms. The van der Waals surface area contributed by atoms with Gasteiger partial charge in [-0.1, -0.05) is 18.6 Å². The Morgan fingerprint density at radius 1 is 1.31 bits per heavy atom. The molecule has 1 aliphatic rings. The number of aromatic nitrogens is 2. The first-order valence-corrected chi connectivity index (χ1v) is 9.12. The van der Waals surface area contributed by atoms with E-state index in [1.807, 2.05) is 25.2 Å². The molecule has 1 heterocycles. The molecule has 0 unspecified atom stereocenters. The van der Waals surface area contributed by atoms with Gasteiger partial charge in [-0.15, -0.1) is 24.0 Å². The van der Waals surface area contributed by atoms with Crippen molar-refractivity contribution in [2.75, 3.05) is 33.9 Å². The minimum absolute atomic E-state index is 0. The summed E-state index contributed by atoms with van der Waals surface area (Å²) >= 11 is 0. The van der Waals surface area contributed by atoms with Crippen molar-refractivity contribution in [2.45, 2.75) is 32.1 Å². The van der Waals surface area contributed by atoms with Gasteiger partial charge in [0.05, 0.1) is 11.0 Å². The van der Waals surface area contributed by atoms with E-state index in [1.54, 1.807) is 7.11 Å². The van der Waals surface area contributed by atoms with E-state index in [9.17, 15) is 0 Å². The van der Waals surface area contributed by atoms with Crippen molar-refractivity contribution < 1.29 is 4.74 Å².